The lowest BCUT2D eigenvalue weighted by Crippen LogP contribution is -2.28. The zero-order chi connectivity index (χ0) is 9.10. The monoisotopic (exact) mass is 173 g/mol. The fraction of sp³-hybridized carbons (Fsp3) is 0.333. The highest BCUT2D eigenvalue weighted by Gasteiger charge is 2.15. The summed E-state index contributed by atoms with van der Waals surface area (Å²) < 4.78 is 0. The van der Waals surface area contributed by atoms with Crippen molar-refractivity contribution in [3.8, 4) is 0 Å². The minimum Gasteiger partial charge on any atom is -0.370 e. The van der Waals surface area contributed by atoms with Crippen LogP contribution in [0.3, 0.4) is 0 Å². The van der Waals surface area contributed by atoms with Gasteiger partial charge in [-0.15, -0.1) is 0 Å². The van der Waals surface area contributed by atoms with E-state index >= 15 is 0 Å². The lowest BCUT2D eigenvalue weighted by atomic mass is 9.96. The summed E-state index contributed by atoms with van der Waals surface area (Å²) in [5, 5.41) is 0. The molecular weight excluding hydrogens is 158 g/mol. The molecule has 0 bridgehead atoms. The van der Waals surface area contributed by atoms with E-state index in [4.69, 9.17) is 0 Å². The van der Waals surface area contributed by atoms with Gasteiger partial charge in [0.25, 0.3) is 0 Å². The van der Waals surface area contributed by atoms with E-state index in [9.17, 15) is 0 Å². The van der Waals surface area contributed by atoms with Gasteiger partial charge in [0.1, 0.15) is 0 Å². The van der Waals surface area contributed by atoms with Crippen molar-refractivity contribution in [1.29, 1.82) is 0 Å². The molecule has 1 atom stereocenters. The van der Waals surface area contributed by atoms with Crippen LogP contribution in [0.5, 0.6) is 0 Å². The number of nitrogens with zero attached hydrogens (tertiary/aromatic N) is 1. The van der Waals surface area contributed by atoms with Gasteiger partial charge in [0.2, 0.25) is 0 Å². The Morgan fingerprint density at radius 1 is 1.31 bits per heavy atom. The average Bonchev–Trinajstić information content (AvgIpc) is 2.20. The van der Waals surface area contributed by atoms with Crippen molar-refractivity contribution in [2.45, 2.75) is 18.9 Å². The molecule has 2 aliphatic rings. The first-order valence-corrected chi connectivity index (χ1v) is 4.80. The Morgan fingerprint density at radius 3 is 2.92 bits per heavy atom. The minimum atomic E-state index is 0.481. The molecule has 1 unspecified atom stereocenters. The standard InChI is InChI=1S/C12H15N/c1-13-10-6-5-9-12(13)11-7-3-2-4-8-11/h2-3,5-7,9-10,12H,4,8H2,1H3. The number of hydrogen-bond donors (Lipinski definition) is 0. The Kier molecular flexibility index (Phi) is 2.35. The first-order chi connectivity index (χ1) is 6.38. The highest BCUT2D eigenvalue weighted by Crippen LogP contribution is 2.22. The van der Waals surface area contributed by atoms with Gasteiger partial charge in [-0.2, -0.15) is 0 Å². The van der Waals surface area contributed by atoms with Crippen LogP contribution in [0.2, 0.25) is 0 Å². The number of hydrogen-bond acceptors (Lipinski definition) is 1. The Bertz CT molecular complexity index is 294. The molecule has 0 fully saturated rings. The maximum absolute atomic E-state index is 2.25. The smallest absolute Gasteiger partial charge is 0.0684 e. The molecule has 0 saturated heterocycles. The Hall–Kier alpha value is -1.24. The second kappa shape index (κ2) is 3.65. The third-order valence-electron chi connectivity index (χ3n) is 2.59. The molecule has 0 spiro atoms. The molecule has 1 heterocycles. The van der Waals surface area contributed by atoms with Crippen LogP contribution in [-0.4, -0.2) is 18.0 Å². The van der Waals surface area contributed by atoms with Gasteiger partial charge in [0, 0.05) is 7.05 Å². The molecular formula is C12H15N. The molecule has 13 heavy (non-hydrogen) atoms. The lowest BCUT2D eigenvalue weighted by Gasteiger charge is -2.29. The number of rotatable bonds is 1. The van der Waals surface area contributed by atoms with E-state index in [1.54, 1.807) is 0 Å². The summed E-state index contributed by atoms with van der Waals surface area (Å²) in [6.45, 7) is 0. The van der Waals surface area contributed by atoms with Crippen LogP contribution in [0.1, 0.15) is 12.8 Å². The zero-order valence-electron chi connectivity index (χ0n) is 7.98. The van der Waals surface area contributed by atoms with E-state index in [-0.39, 0.29) is 0 Å². The molecule has 0 radical (unpaired) electrons. The van der Waals surface area contributed by atoms with Crippen LogP contribution in [-0.2, 0) is 0 Å². The van der Waals surface area contributed by atoms with Crippen LogP contribution in [0.15, 0.2) is 48.2 Å². The zero-order valence-corrected chi connectivity index (χ0v) is 7.98. The van der Waals surface area contributed by atoms with E-state index < -0.39 is 0 Å². The summed E-state index contributed by atoms with van der Waals surface area (Å²) in [7, 11) is 2.13. The van der Waals surface area contributed by atoms with Crippen LogP contribution < -0.4 is 0 Å². The Balaban J connectivity index is 2.16. The van der Waals surface area contributed by atoms with Crippen LogP contribution >= 0.6 is 0 Å². The van der Waals surface area contributed by atoms with Gasteiger partial charge in [-0.1, -0.05) is 30.4 Å². The Morgan fingerprint density at radius 2 is 2.23 bits per heavy atom. The maximum Gasteiger partial charge on any atom is 0.0684 e. The molecule has 1 heteroatoms. The molecule has 1 aliphatic carbocycles. The van der Waals surface area contributed by atoms with Crippen LogP contribution in [0.4, 0.5) is 0 Å². The summed E-state index contributed by atoms with van der Waals surface area (Å²) >= 11 is 0. The van der Waals surface area contributed by atoms with Crippen LogP contribution in [0.25, 0.3) is 0 Å². The highest BCUT2D eigenvalue weighted by molar-refractivity contribution is 5.30. The van der Waals surface area contributed by atoms with E-state index in [0.29, 0.717) is 6.04 Å². The summed E-state index contributed by atoms with van der Waals surface area (Å²) in [6.07, 6.45) is 17.6. The summed E-state index contributed by atoms with van der Waals surface area (Å²) in [5.41, 5.74) is 1.52. The number of allylic oxidation sites excluding steroid dienone is 5. The van der Waals surface area contributed by atoms with Gasteiger partial charge < -0.3 is 4.90 Å². The van der Waals surface area contributed by atoms with Crippen molar-refractivity contribution in [2.75, 3.05) is 7.05 Å². The molecule has 0 aromatic carbocycles. The molecule has 2 rings (SSSR count). The quantitative estimate of drug-likeness (QED) is 0.589. The largest absolute Gasteiger partial charge is 0.370 e. The molecule has 0 aromatic rings. The van der Waals surface area contributed by atoms with Crippen molar-refractivity contribution in [2.24, 2.45) is 0 Å². The predicted molar refractivity (Wildman–Crippen MR) is 56.3 cm³/mol. The highest BCUT2D eigenvalue weighted by atomic mass is 15.1. The van der Waals surface area contributed by atoms with Crippen molar-refractivity contribution in [1.82, 2.24) is 4.90 Å². The van der Waals surface area contributed by atoms with Gasteiger partial charge in [0.05, 0.1) is 6.04 Å². The van der Waals surface area contributed by atoms with E-state index in [1.165, 1.54) is 18.4 Å². The number of likely N-dealkylation sites (N-methyl/N-ethyl adjacent to an activating group) is 1. The first kappa shape index (κ1) is 8.36. The van der Waals surface area contributed by atoms with Gasteiger partial charge in [0.15, 0.2) is 0 Å². The topological polar surface area (TPSA) is 3.24 Å². The third-order valence-corrected chi connectivity index (χ3v) is 2.59. The van der Waals surface area contributed by atoms with Gasteiger partial charge >= 0.3 is 0 Å². The SMILES string of the molecule is CN1C=CC=CC1C1=CC=CCC1. The molecule has 0 saturated carbocycles. The fourth-order valence-corrected chi connectivity index (χ4v) is 1.84. The fourth-order valence-electron chi connectivity index (χ4n) is 1.84. The lowest BCUT2D eigenvalue weighted by molar-refractivity contribution is 0.411. The van der Waals surface area contributed by atoms with Crippen molar-refractivity contribution < 1.29 is 0 Å². The van der Waals surface area contributed by atoms with Crippen molar-refractivity contribution in [3.05, 3.63) is 48.2 Å². The summed E-state index contributed by atoms with van der Waals surface area (Å²) in [4.78, 5) is 2.25. The minimum absolute atomic E-state index is 0.481. The molecule has 68 valence electrons. The predicted octanol–water partition coefficient (Wildman–Crippen LogP) is 2.65. The van der Waals surface area contributed by atoms with E-state index in [1.807, 2.05) is 0 Å². The summed E-state index contributed by atoms with van der Waals surface area (Å²) in [5.74, 6) is 0. The molecule has 1 nitrogen and oxygen atoms in total. The molecule has 0 amide bonds. The second-order valence-electron chi connectivity index (χ2n) is 3.55. The second-order valence-corrected chi connectivity index (χ2v) is 3.55. The normalized spacial score (nSPS) is 26.4. The summed E-state index contributed by atoms with van der Waals surface area (Å²) in [6, 6.07) is 0.481. The van der Waals surface area contributed by atoms with E-state index in [0.717, 1.165) is 0 Å². The van der Waals surface area contributed by atoms with Gasteiger partial charge in [-0.05, 0) is 30.7 Å². The average molecular weight is 173 g/mol. The van der Waals surface area contributed by atoms with Gasteiger partial charge in [-0.25, -0.2) is 0 Å². The molecule has 0 aromatic heterocycles. The maximum atomic E-state index is 2.25. The molecule has 1 aliphatic heterocycles. The van der Waals surface area contributed by atoms with Crippen molar-refractivity contribution >= 4 is 0 Å². The van der Waals surface area contributed by atoms with Crippen LogP contribution in [0, 0.1) is 0 Å². The third kappa shape index (κ3) is 1.74. The van der Waals surface area contributed by atoms with Crippen molar-refractivity contribution in [3.63, 3.8) is 0 Å². The van der Waals surface area contributed by atoms with Gasteiger partial charge in [-0.3, -0.25) is 0 Å². The van der Waals surface area contributed by atoms with E-state index in [2.05, 4.69) is 54.6 Å². The first-order valence-electron chi connectivity index (χ1n) is 4.80. The Labute approximate surface area is 79.7 Å². The molecule has 0 N–H and O–H groups in total.